The van der Waals surface area contributed by atoms with Gasteiger partial charge in [0.15, 0.2) is 0 Å². The number of fused-ring (bicyclic) bond motifs is 1. The molecule has 0 fully saturated rings. The number of hydrogen-bond donors (Lipinski definition) is 2. The molecule has 0 atom stereocenters. The van der Waals surface area contributed by atoms with E-state index < -0.39 is 34.0 Å². The molecule has 0 radical (unpaired) electrons. The lowest BCUT2D eigenvalue weighted by Gasteiger charge is -2.04. The van der Waals surface area contributed by atoms with Crippen LogP contribution in [0.2, 0.25) is 0 Å². The minimum atomic E-state index is -1.49. The average molecular weight is 239 g/mol. The summed E-state index contributed by atoms with van der Waals surface area (Å²) in [4.78, 5) is 24.7. The van der Waals surface area contributed by atoms with E-state index in [1.165, 1.54) is 6.92 Å². The SMILES string of the molecule is Cc1cc(F)c2[nH]cc(C(=O)O)c(=O)c2c1F. The number of aryl methyl sites for hydroxylation is 1. The van der Waals surface area contributed by atoms with Gasteiger partial charge in [0.05, 0.1) is 10.9 Å². The van der Waals surface area contributed by atoms with E-state index in [9.17, 15) is 18.4 Å². The molecule has 0 amide bonds. The van der Waals surface area contributed by atoms with Crippen LogP contribution >= 0.6 is 0 Å². The van der Waals surface area contributed by atoms with Crippen molar-refractivity contribution >= 4 is 16.9 Å². The molecule has 1 aromatic heterocycles. The summed E-state index contributed by atoms with van der Waals surface area (Å²) in [5, 5.41) is 8.15. The molecule has 4 nitrogen and oxygen atoms in total. The van der Waals surface area contributed by atoms with E-state index in [0.29, 0.717) is 0 Å². The molecule has 1 heterocycles. The quantitative estimate of drug-likeness (QED) is 0.797. The maximum absolute atomic E-state index is 13.7. The highest BCUT2D eigenvalue weighted by molar-refractivity contribution is 5.92. The van der Waals surface area contributed by atoms with Gasteiger partial charge in [-0.1, -0.05) is 0 Å². The summed E-state index contributed by atoms with van der Waals surface area (Å²) in [5.41, 5.74) is -2.04. The summed E-state index contributed by atoms with van der Waals surface area (Å²) in [7, 11) is 0. The van der Waals surface area contributed by atoms with Gasteiger partial charge in [0.1, 0.15) is 17.2 Å². The number of aromatic carboxylic acids is 1. The lowest BCUT2D eigenvalue weighted by molar-refractivity contribution is 0.0695. The van der Waals surface area contributed by atoms with Crippen molar-refractivity contribution in [1.29, 1.82) is 0 Å². The number of aromatic amines is 1. The molecule has 0 saturated heterocycles. The molecule has 0 aliphatic carbocycles. The van der Waals surface area contributed by atoms with Gasteiger partial charge < -0.3 is 10.1 Å². The first-order valence-electron chi connectivity index (χ1n) is 4.66. The van der Waals surface area contributed by atoms with Gasteiger partial charge in [-0.3, -0.25) is 4.79 Å². The maximum Gasteiger partial charge on any atom is 0.341 e. The smallest absolute Gasteiger partial charge is 0.341 e. The molecule has 0 saturated carbocycles. The second-order valence-electron chi connectivity index (χ2n) is 3.58. The largest absolute Gasteiger partial charge is 0.477 e. The molecule has 0 aliphatic heterocycles. The first-order chi connectivity index (χ1) is 7.93. The Kier molecular flexibility index (Phi) is 2.42. The highest BCUT2D eigenvalue weighted by Gasteiger charge is 2.18. The Morgan fingerprint density at radius 2 is 2.06 bits per heavy atom. The van der Waals surface area contributed by atoms with Crippen LogP contribution in [0.25, 0.3) is 10.9 Å². The Labute approximate surface area is 93.5 Å². The molecule has 17 heavy (non-hydrogen) atoms. The van der Waals surface area contributed by atoms with Crippen molar-refractivity contribution in [2.24, 2.45) is 0 Å². The van der Waals surface area contributed by atoms with Crippen LogP contribution in [-0.4, -0.2) is 16.1 Å². The lowest BCUT2D eigenvalue weighted by Crippen LogP contribution is -2.17. The summed E-state index contributed by atoms with van der Waals surface area (Å²) in [5.74, 6) is -3.20. The van der Waals surface area contributed by atoms with E-state index >= 15 is 0 Å². The predicted octanol–water partition coefficient (Wildman–Crippen LogP) is 1.81. The number of benzene rings is 1. The van der Waals surface area contributed by atoms with E-state index in [1.54, 1.807) is 0 Å². The van der Waals surface area contributed by atoms with Crippen molar-refractivity contribution in [2.45, 2.75) is 6.92 Å². The second kappa shape index (κ2) is 3.65. The molecule has 0 spiro atoms. The summed E-state index contributed by atoms with van der Waals surface area (Å²) < 4.78 is 27.2. The van der Waals surface area contributed by atoms with Crippen molar-refractivity contribution < 1.29 is 18.7 Å². The Balaban J connectivity index is 3.04. The molecule has 88 valence electrons. The van der Waals surface area contributed by atoms with Gasteiger partial charge in [-0.2, -0.15) is 0 Å². The fraction of sp³-hybridized carbons (Fsp3) is 0.0909. The van der Waals surface area contributed by atoms with Crippen LogP contribution in [0.1, 0.15) is 15.9 Å². The fourth-order valence-electron chi connectivity index (χ4n) is 1.61. The third kappa shape index (κ3) is 1.57. The van der Waals surface area contributed by atoms with E-state index in [0.717, 1.165) is 12.3 Å². The third-order valence-corrected chi connectivity index (χ3v) is 2.46. The van der Waals surface area contributed by atoms with Crippen LogP contribution in [-0.2, 0) is 0 Å². The molecular weight excluding hydrogens is 232 g/mol. The Bertz CT molecular complexity index is 691. The van der Waals surface area contributed by atoms with Crippen molar-refractivity contribution in [3.63, 3.8) is 0 Å². The number of pyridine rings is 1. The van der Waals surface area contributed by atoms with E-state index in [4.69, 9.17) is 5.11 Å². The normalized spacial score (nSPS) is 10.8. The first-order valence-corrected chi connectivity index (χ1v) is 4.66. The van der Waals surface area contributed by atoms with Crippen LogP contribution in [0.4, 0.5) is 8.78 Å². The summed E-state index contributed by atoms with van der Waals surface area (Å²) in [6.07, 6.45) is 0.852. The zero-order valence-corrected chi connectivity index (χ0v) is 8.67. The number of halogens is 2. The molecule has 1 aromatic carbocycles. The van der Waals surface area contributed by atoms with Gasteiger partial charge in [-0.05, 0) is 18.6 Å². The van der Waals surface area contributed by atoms with E-state index in [2.05, 4.69) is 4.98 Å². The summed E-state index contributed by atoms with van der Waals surface area (Å²) in [6.45, 7) is 1.30. The third-order valence-electron chi connectivity index (χ3n) is 2.46. The van der Waals surface area contributed by atoms with Crippen molar-refractivity contribution in [2.75, 3.05) is 0 Å². The van der Waals surface area contributed by atoms with Gasteiger partial charge in [0.25, 0.3) is 0 Å². The number of carboxylic acids is 1. The molecule has 2 N–H and O–H groups in total. The molecule has 6 heteroatoms. The Hall–Kier alpha value is -2.24. The highest BCUT2D eigenvalue weighted by Crippen LogP contribution is 2.19. The van der Waals surface area contributed by atoms with Crippen LogP contribution in [0.3, 0.4) is 0 Å². The molecular formula is C11H7F2NO3. The van der Waals surface area contributed by atoms with E-state index in [1.807, 2.05) is 0 Å². The number of nitrogens with one attached hydrogen (secondary N) is 1. The van der Waals surface area contributed by atoms with Crippen molar-refractivity contribution in [1.82, 2.24) is 4.98 Å². The van der Waals surface area contributed by atoms with Gasteiger partial charge in [-0.15, -0.1) is 0 Å². The number of hydrogen-bond acceptors (Lipinski definition) is 2. The zero-order valence-electron chi connectivity index (χ0n) is 8.67. The van der Waals surface area contributed by atoms with Crippen LogP contribution in [0, 0.1) is 18.6 Å². The number of H-pyrrole nitrogens is 1. The predicted molar refractivity (Wildman–Crippen MR) is 56.2 cm³/mol. The second-order valence-corrected chi connectivity index (χ2v) is 3.58. The van der Waals surface area contributed by atoms with Crippen LogP contribution in [0.5, 0.6) is 0 Å². The lowest BCUT2D eigenvalue weighted by atomic mass is 10.1. The summed E-state index contributed by atoms with van der Waals surface area (Å²) in [6, 6.07) is 0.939. The zero-order chi connectivity index (χ0) is 12.7. The van der Waals surface area contributed by atoms with Crippen molar-refractivity contribution in [3.8, 4) is 0 Å². The topological polar surface area (TPSA) is 70.2 Å². The monoisotopic (exact) mass is 239 g/mol. The number of aromatic nitrogens is 1. The molecule has 0 bridgehead atoms. The fourth-order valence-corrected chi connectivity index (χ4v) is 1.61. The molecule has 0 unspecified atom stereocenters. The standard InChI is InChI=1S/C11H7F2NO3/c1-4-2-6(12)9-7(8(4)13)10(15)5(3-14-9)11(16)17/h2-3H,1H3,(H,14,15)(H,16,17). The highest BCUT2D eigenvalue weighted by atomic mass is 19.1. The number of carboxylic acid groups (broad SMARTS) is 1. The number of rotatable bonds is 1. The van der Waals surface area contributed by atoms with Gasteiger partial charge in [0.2, 0.25) is 5.43 Å². The summed E-state index contributed by atoms with van der Waals surface area (Å²) >= 11 is 0. The van der Waals surface area contributed by atoms with Gasteiger partial charge >= 0.3 is 5.97 Å². The van der Waals surface area contributed by atoms with Crippen LogP contribution < -0.4 is 5.43 Å². The minimum Gasteiger partial charge on any atom is -0.477 e. The van der Waals surface area contributed by atoms with Crippen LogP contribution in [0.15, 0.2) is 17.1 Å². The molecule has 2 rings (SSSR count). The average Bonchev–Trinajstić information content (AvgIpc) is 2.25. The Morgan fingerprint density at radius 1 is 1.41 bits per heavy atom. The maximum atomic E-state index is 13.7. The van der Waals surface area contributed by atoms with Gasteiger partial charge in [-0.25, -0.2) is 13.6 Å². The van der Waals surface area contributed by atoms with E-state index in [-0.39, 0.29) is 11.1 Å². The first kappa shape index (κ1) is 11.3. The Morgan fingerprint density at radius 3 is 2.65 bits per heavy atom. The molecule has 0 aliphatic rings. The molecule has 2 aromatic rings. The number of carbonyl (C=O) groups is 1. The van der Waals surface area contributed by atoms with Crippen molar-refractivity contribution in [3.05, 3.63) is 45.2 Å². The minimum absolute atomic E-state index is 0.0527. The van der Waals surface area contributed by atoms with Gasteiger partial charge in [0, 0.05) is 6.20 Å².